The number of hydrogen-bond acceptors (Lipinski definition) is 7. The summed E-state index contributed by atoms with van der Waals surface area (Å²) < 4.78 is 11.0. The van der Waals surface area contributed by atoms with Gasteiger partial charge in [0.1, 0.15) is 10.8 Å². The fourth-order valence-corrected chi connectivity index (χ4v) is 4.23. The minimum Gasteiger partial charge on any atom is -0.444 e. The van der Waals surface area contributed by atoms with Gasteiger partial charge in [0.25, 0.3) is 0 Å². The number of ether oxygens (including phenoxy) is 2. The Morgan fingerprint density at radius 2 is 1.97 bits per heavy atom. The molecule has 0 radical (unpaired) electrons. The number of morpholine rings is 1. The van der Waals surface area contributed by atoms with Crippen molar-refractivity contribution < 1.29 is 19.4 Å². The summed E-state index contributed by atoms with van der Waals surface area (Å²) in [4.78, 5) is 25.7. The summed E-state index contributed by atoms with van der Waals surface area (Å²) in [7, 11) is 0. The van der Waals surface area contributed by atoms with Crippen LogP contribution in [0.25, 0.3) is 0 Å². The number of rotatable bonds is 5. The molecule has 3 heterocycles. The Morgan fingerprint density at radius 1 is 1.27 bits per heavy atom. The number of carbonyl (C=O) groups is 1. The highest BCUT2D eigenvalue weighted by atomic mass is 35.5. The Labute approximate surface area is 183 Å². The molecule has 30 heavy (non-hydrogen) atoms. The average Bonchev–Trinajstić information content (AvgIpc) is 3.06. The fourth-order valence-electron chi connectivity index (χ4n) is 3.95. The third-order valence-corrected chi connectivity index (χ3v) is 5.80. The van der Waals surface area contributed by atoms with E-state index >= 15 is 0 Å². The second-order valence-electron chi connectivity index (χ2n) is 9.45. The van der Waals surface area contributed by atoms with Crippen LogP contribution in [0.1, 0.15) is 45.4 Å². The molecular weight excluding hydrogens is 408 g/mol. The van der Waals surface area contributed by atoms with Gasteiger partial charge in [-0.1, -0.05) is 18.5 Å². The highest BCUT2D eigenvalue weighted by molar-refractivity contribution is 6.30. The first-order valence-electron chi connectivity index (χ1n) is 10.6. The standard InChI is InChI=1S/C21H33ClN4O4/c1-20(2,3)30-19(28)26-7-6-21(4,14-26)13-16-15(5-10-27)17(22)24-18(23-16)25-8-11-29-12-9-25/h27H,5-14H2,1-4H3/t21-/m1/s1. The third-order valence-electron chi connectivity index (χ3n) is 5.49. The topological polar surface area (TPSA) is 88.0 Å². The maximum Gasteiger partial charge on any atom is 0.410 e. The van der Waals surface area contributed by atoms with E-state index < -0.39 is 5.60 Å². The first kappa shape index (κ1) is 23.0. The molecule has 1 N–H and O–H groups in total. The van der Waals surface area contributed by atoms with Crippen molar-refractivity contribution in [2.45, 2.75) is 52.6 Å². The molecule has 168 valence electrons. The third kappa shape index (κ3) is 5.74. The van der Waals surface area contributed by atoms with Crippen LogP contribution in [0.5, 0.6) is 0 Å². The summed E-state index contributed by atoms with van der Waals surface area (Å²) in [6, 6.07) is 0. The quantitative estimate of drug-likeness (QED) is 0.704. The number of aliphatic hydroxyl groups is 1. The number of aliphatic hydroxyl groups excluding tert-OH is 1. The molecule has 1 aromatic heterocycles. The second kappa shape index (κ2) is 9.24. The van der Waals surface area contributed by atoms with Crippen molar-refractivity contribution in [2.75, 3.05) is 50.9 Å². The zero-order chi connectivity index (χ0) is 21.9. The van der Waals surface area contributed by atoms with E-state index in [4.69, 9.17) is 26.1 Å². The number of anilines is 1. The average molecular weight is 441 g/mol. The summed E-state index contributed by atoms with van der Waals surface area (Å²) >= 11 is 6.51. The van der Waals surface area contributed by atoms with Crippen LogP contribution in [0.15, 0.2) is 0 Å². The minimum absolute atomic E-state index is 0.0201. The van der Waals surface area contributed by atoms with Crippen LogP contribution in [0, 0.1) is 5.41 Å². The van der Waals surface area contributed by atoms with Crippen molar-refractivity contribution in [1.29, 1.82) is 0 Å². The Balaban J connectivity index is 1.80. The largest absolute Gasteiger partial charge is 0.444 e. The summed E-state index contributed by atoms with van der Waals surface area (Å²) in [5.74, 6) is 0.602. The van der Waals surface area contributed by atoms with Gasteiger partial charge in [-0.3, -0.25) is 0 Å². The van der Waals surface area contributed by atoms with Gasteiger partial charge >= 0.3 is 6.09 Å². The number of halogens is 1. The van der Waals surface area contributed by atoms with Gasteiger partial charge < -0.3 is 24.4 Å². The molecule has 1 aromatic rings. The van der Waals surface area contributed by atoms with E-state index in [2.05, 4.69) is 16.8 Å². The van der Waals surface area contributed by atoms with Crippen molar-refractivity contribution in [1.82, 2.24) is 14.9 Å². The predicted molar refractivity (Wildman–Crippen MR) is 115 cm³/mol. The molecule has 9 heteroatoms. The second-order valence-corrected chi connectivity index (χ2v) is 9.81. The van der Waals surface area contributed by atoms with Gasteiger partial charge in [-0.05, 0) is 39.0 Å². The summed E-state index contributed by atoms with van der Waals surface area (Å²) in [5.41, 5.74) is 0.964. The molecule has 1 atom stereocenters. The number of aromatic nitrogens is 2. The monoisotopic (exact) mass is 440 g/mol. The molecule has 0 bridgehead atoms. The number of likely N-dealkylation sites (tertiary alicyclic amines) is 1. The lowest BCUT2D eigenvalue weighted by atomic mass is 9.83. The fraction of sp³-hybridized carbons (Fsp3) is 0.762. The van der Waals surface area contributed by atoms with Crippen molar-refractivity contribution in [3.05, 3.63) is 16.4 Å². The molecule has 2 saturated heterocycles. The van der Waals surface area contributed by atoms with Crippen molar-refractivity contribution in [3.63, 3.8) is 0 Å². The summed E-state index contributed by atoms with van der Waals surface area (Å²) in [6.45, 7) is 11.7. The molecule has 0 aliphatic carbocycles. The minimum atomic E-state index is -0.516. The zero-order valence-corrected chi connectivity index (χ0v) is 19.2. The molecule has 8 nitrogen and oxygen atoms in total. The van der Waals surface area contributed by atoms with Gasteiger partial charge in [-0.15, -0.1) is 0 Å². The van der Waals surface area contributed by atoms with Gasteiger partial charge in [-0.25, -0.2) is 14.8 Å². The molecular formula is C21H33ClN4O4. The van der Waals surface area contributed by atoms with E-state index in [0.717, 1.165) is 30.8 Å². The number of nitrogens with zero attached hydrogens (tertiary/aromatic N) is 4. The van der Waals surface area contributed by atoms with Crippen LogP contribution in [0.3, 0.4) is 0 Å². The molecule has 0 spiro atoms. The van der Waals surface area contributed by atoms with E-state index in [1.165, 1.54) is 0 Å². The molecule has 0 unspecified atom stereocenters. The van der Waals surface area contributed by atoms with E-state index in [0.29, 0.717) is 50.2 Å². The molecule has 3 rings (SSSR count). The lowest BCUT2D eigenvalue weighted by molar-refractivity contribution is 0.0275. The predicted octanol–water partition coefficient (Wildman–Crippen LogP) is 2.69. The van der Waals surface area contributed by atoms with Crippen LogP contribution < -0.4 is 4.90 Å². The molecule has 1 amide bonds. The number of amides is 1. The van der Waals surface area contributed by atoms with Crippen molar-refractivity contribution in [2.24, 2.45) is 5.41 Å². The van der Waals surface area contributed by atoms with Crippen LogP contribution in [-0.4, -0.2) is 77.7 Å². The highest BCUT2D eigenvalue weighted by Gasteiger charge is 2.39. The Hall–Kier alpha value is -1.64. The van der Waals surface area contributed by atoms with E-state index in [9.17, 15) is 9.90 Å². The molecule has 2 aliphatic rings. The first-order valence-corrected chi connectivity index (χ1v) is 10.9. The summed E-state index contributed by atoms with van der Waals surface area (Å²) in [6.07, 6.45) is 1.63. The first-order chi connectivity index (χ1) is 14.1. The lowest BCUT2D eigenvalue weighted by Crippen LogP contribution is -2.38. The lowest BCUT2D eigenvalue weighted by Gasteiger charge is -2.29. The van der Waals surface area contributed by atoms with E-state index in [1.54, 1.807) is 4.90 Å². The van der Waals surface area contributed by atoms with Gasteiger partial charge in [0.15, 0.2) is 0 Å². The summed E-state index contributed by atoms with van der Waals surface area (Å²) in [5, 5.41) is 9.91. The highest BCUT2D eigenvalue weighted by Crippen LogP contribution is 2.36. The van der Waals surface area contributed by atoms with Crippen LogP contribution in [0.4, 0.5) is 10.7 Å². The van der Waals surface area contributed by atoms with Crippen molar-refractivity contribution >= 4 is 23.6 Å². The van der Waals surface area contributed by atoms with Gasteiger partial charge in [-0.2, -0.15) is 0 Å². The molecule has 0 aromatic carbocycles. The van der Waals surface area contributed by atoms with Crippen LogP contribution in [0.2, 0.25) is 5.15 Å². The van der Waals surface area contributed by atoms with Gasteiger partial charge in [0, 0.05) is 44.8 Å². The van der Waals surface area contributed by atoms with Gasteiger partial charge in [0.05, 0.1) is 18.9 Å². The molecule has 2 fully saturated rings. The maximum absolute atomic E-state index is 12.5. The number of carbonyl (C=O) groups excluding carboxylic acids is 1. The van der Waals surface area contributed by atoms with Crippen molar-refractivity contribution in [3.8, 4) is 0 Å². The Bertz CT molecular complexity index is 764. The van der Waals surface area contributed by atoms with E-state index in [-0.39, 0.29) is 18.1 Å². The van der Waals surface area contributed by atoms with E-state index in [1.807, 2.05) is 20.8 Å². The SMILES string of the molecule is CC(C)(C)OC(=O)N1CC[C@](C)(Cc2nc(N3CCOCC3)nc(Cl)c2CCO)C1. The Morgan fingerprint density at radius 3 is 2.60 bits per heavy atom. The normalized spacial score (nSPS) is 22.5. The van der Waals surface area contributed by atoms with Crippen LogP contribution >= 0.6 is 11.6 Å². The Kier molecular flexibility index (Phi) is 7.09. The van der Waals surface area contributed by atoms with Crippen LogP contribution in [-0.2, 0) is 22.3 Å². The number of hydrogen-bond donors (Lipinski definition) is 1. The smallest absolute Gasteiger partial charge is 0.410 e. The maximum atomic E-state index is 12.5. The molecule has 2 aliphatic heterocycles. The van der Waals surface area contributed by atoms with Gasteiger partial charge in [0.2, 0.25) is 5.95 Å². The molecule has 0 saturated carbocycles. The zero-order valence-electron chi connectivity index (χ0n) is 18.4.